The van der Waals surface area contributed by atoms with E-state index in [-0.39, 0.29) is 11.3 Å². The van der Waals surface area contributed by atoms with Crippen LogP contribution in [0.25, 0.3) is 0 Å². The average Bonchev–Trinajstić information content (AvgIpc) is 2.43. The summed E-state index contributed by atoms with van der Waals surface area (Å²) < 4.78 is 37.2. The molecule has 11 heteroatoms. The fourth-order valence-electron chi connectivity index (χ4n) is 1.39. The van der Waals surface area contributed by atoms with Gasteiger partial charge in [0.25, 0.3) is 11.6 Å². The van der Waals surface area contributed by atoms with Gasteiger partial charge in [-0.2, -0.15) is 13.2 Å². The lowest BCUT2D eigenvalue weighted by atomic mass is 10.0. The van der Waals surface area contributed by atoms with Crippen molar-refractivity contribution in [2.75, 3.05) is 0 Å². The average molecular weight is 335 g/mol. The topological polar surface area (TPSA) is 122 Å². The van der Waals surface area contributed by atoms with Gasteiger partial charge in [-0.25, -0.2) is 0 Å². The van der Waals surface area contributed by atoms with Gasteiger partial charge in [-0.1, -0.05) is 0 Å². The van der Waals surface area contributed by atoms with Crippen LogP contribution in [-0.4, -0.2) is 33.6 Å². The zero-order chi connectivity index (χ0) is 17.8. The third-order valence-electron chi connectivity index (χ3n) is 2.77. The highest BCUT2D eigenvalue weighted by molar-refractivity contribution is 5.95. The summed E-state index contributed by atoms with van der Waals surface area (Å²) in [7, 11) is 0. The minimum absolute atomic E-state index is 0.0570. The summed E-state index contributed by atoms with van der Waals surface area (Å²) in [6.45, 7) is 0.421. The smallest absolute Gasteiger partial charge is 0.380 e. The third-order valence-corrected chi connectivity index (χ3v) is 2.77. The number of hydrogen-bond donors (Lipinski definition) is 3. The van der Waals surface area contributed by atoms with Crippen LogP contribution in [0.15, 0.2) is 24.3 Å². The molecule has 8 nitrogen and oxygen atoms in total. The number of non-ortho nitro benzene ring substituents is 1. The van der Waals surface area contributed by atoms with Crippen LogP contribution in [0, 0.1) is 10.1 Å². The highest BCUT2D eigenvalue weighted by Gasteiger charge is 2.51. The van der Waals surface area contributed by atoms with E-state index >= 15 is 0 Å². The Morgan fingerprint density at radius 2 is 1.74 bits per heavy atom. The quantitative estimate of drug-likeness (QED) is 0.561. The third kappa shape index (κ3) is 4.92. The first kappa shape index (κ1) is 18.4. The number of aliphatic hydroxyl groups is 1. The molecule has 0 heterocycles. The molecule has 23 heavy (non-hydrogen) atoms. The Hall–Kier alpha value is -2.69. The second-order valence-electron chi connectivity index (χ2n) is 4.75. The van der Waals surface area contributed by atoms with Crippen LogP contribution in [0.2, 0.25) is 0 Å². The lowest BCUT2D eigenvalue weighted by molar-refractivity contribution is -0.384. The number of hydrazine groups is 1. The van der Waals surface area contributed by atoms with Gasteiger partial charge in [0.1, 0.15) is 0 Å². The van der Waals surface area contributed by atoms with Gasteiger partial charge in [0.2, 0.25) is 5.91 Å². The first-order valence-corrected chi connectivity index (χ1v) is 6.07. The number of alkyl halides is 3. The first-order chi connectivity index (χ1) is 10.4. The van der Waals surface area contributed by atoms with Gasteiger partial charge in [0.05, 0.1) is 11.3 Å². The van der Waals surface area contributed by atoms with Crippen LogP contribution in [0.3, 0.4) is 0 Å². The van der Waals surface area contributed by atoms with Crippen molar-refractivity contribution in [1.82, 2.24) is 10.9 Å². The Morgan fingerprint density at radius 3 is 2.17 bits per heavy atom. The van der Waals surface area contributed by atoms with E-state index < -0.39 is 34.9 Å². The lowest BCUT2D eigenvalue weighted by Crippen LogP contribution is -2.49. The summed E-state index contributed by atoms with van der Waals surface area (Å²) in [6.07, 6.45) is -6.32. The molecule has 1 atom stereocenters. The summed E-state index contributed by atoms with van der Waals surface area (Å²) in [5, 5.41) is 19.6. The molecule has 0 aliphatic heterocycles. The highest BCUT2D eigenvalue weighted by Crippen LogP contribution is 2.32. The van der Waals surface area contributed by atoms with Gasteiger partial charge in [-0.3, -0.25) is 30.6 Å². The Balaban J connectivity index is 2.59. The van der Waals surface area contributed by atoms with E-state index in [2.05, 4.69) is 0 Å². The van der Waals surface area contributed by atoms with Gasteiger partial charge in [-0.05, 0) is 19.1 Å². The van der Waals surface area contributed by atoms with Gasteiger partial charge >= 0.3 is 6.18 Å². The van der Waals surface area contributed by atoms with E-state index in [1.807, 2.05) is 5.43 Å². The van der Waals surface area contributed by atoms with Crippen molar-refractivity contribution < 1.29 is 32.8 Å². The number of benzene rings is 1. The fraction of sp³-hybridized carbons (Fsp3) is 0.333. The fourth-order valence-corrected chi connectivity index (χ4v) is 1.39. The molecule has 3 N–H and O–H groups in total. The van der Waals surface area contributed by atoms with Crippen molar-refractivity contribution in [3.05, 3.63) is 39.9 Å². The monoisotopic (exact) mass is 335 g/mol. The minimum atomic E-state index is -5.01. The molecule has 1 aromatic carbocycles. The number of nitrogens with zero attached hydrogens (tertiary/aromatic N) is 1. The van der Waals surface area contributed by atoms with Crippen molar-refractivity contribution >= 4 is 17.5 Å². The molecule has 0 radical (unpaired) electrons. The number of hydrogen-bond acceptors (Lipinski definition) is 5. The predicted octanol–water partition coefficient (Wildman–Crippen LogP) is 1.06. The summed E-state index contributed by atoms with van der Waals surface area (Å²) in [4.78, 5) is 32.7. The zero-order valence-corrected chi connectivity index (χ0v) is 11.7. The van der Waals surface area contributed by atoms with Crippen LogP contribution in [0.5, 0.6) is 0 Å². The Labute approximate surface area is 127 Å². The molecular weight excluding hydrogens is 323 g/mol. The van der Waals surface area contributed by atoms with E-state index in [1.54, 1.807) is 5.43 Å². The van der Waals surface area contributed by atoms with Crippen molar-refractivity contribution in [3.63, 3.8) is 0 Å². The van der Waals surface area contributed by atoms with Crippen molar-refractivity contribution in [3.8, 4) is 0 Å². The molecule has 126 valence electrons. The van der Waals surface area contributed by atoms with Crippen molar-refractivity contribution in [2.24, 2.45) is 0 Å². The number of rotatable bonds is 4. The summed E-state index contributed by atoms with van der Waals surface area (Å²) in [5.74, 6) is -2.15. The molecule has 0 aliphatic carbocycles. The minimum Gasteiger partial charge on any atom is -0.380 e. The van der Waals surface area contributed by atoms with E-state index in [0.29, 0.717) is 6.92 Å². The van der Waals surface area contributed by atoms with E-state index in [1.165, 1.54) is 0 Å². The molecule has 1 rings (SSSR count). The van der Waals surface area contributed by atoms with Crippen molar-refractivity contribution in [2.45, 2.75) is 25.1 Å². The number of nitro benzene ring substituents is 1. The maximum atomic E-state index is 12.4. The molecule has 1 aromatic rings. The second-order valence-corrected chi connectivity index (χ2v) is 4.75. The van der Waals surface area contributed by atoms with Gasteiger partial charge in [0.15, 0.2) is 5.60 Å². The maximum Gasteiger partial charge on any atom is 0.417 e. The molecular formula is C12H12F3N3O5. The maximum absolute atomic E-state index is 12.4. The van der Waals surface area contributed by atoms with Crippen LogP contribution >= 0.6 is 0 Å². The molecule has 0 unspecified atom stereocenters. The van der Waals surface area contributed by atoms with Gasteiger partial charge in [-0.15, -0.1) is 0 Å². The summed E-state index contributed by atoms with van der Waals surface area (Å²) >= 11 is 0. The van der Waals surface area contributed by atoms with Crippen LogP contribution in [-0.2, 0) is 4.79 Å². The first-order valence-electron chi connectivity index (χ1n) is 6.07. The summed E-state index contributed by atoms with van der Waals surface area (Å²) in [6, 6.07) is 4.30. The number of carbonyl (C=O) groups excluding carboxylic acids is 2. The number of carbonyl (C=O) groups is 2. The number of nitrogens with one attached hydrogen (secondary N) is 2. The largest absolute Gasteiger partial charge is 0.417 e. The van der Waals surface area contributed by atoms with Gasteiger partial charge in [0, 0.05) is 17.7 Å². The molecule has 0 saturated heterocycles. The number of halogens is 3. The van der Waals surface area contributed by atoms with Gasteiger partial charge < -0.3 is 5.11 Å². The number of nitro groups is 1. The van der Waals surface area contributed by atoms with Crippen LogP contribution in [0.4, 0.5) is 18.9 Å². The highest BCUT2D eigenvalue weighted by atomic mass is 19.4. The standard InChI is InChI=1S/C12H12F3N3O5/c1-11(21,12(13,14)15)6-9(19)16-17-10(20)7-2-4-8(5-3-7)18(22)23/h2-5,21H,6H2,1H3,(H,16,19)(H,17,20)/t11-/m0/s1. The lowest BCUT2D eigenvalue weighted by Gasteiger charge is -2.25. The Morgan fingerprint density at radius 1 is 1.22 bits per heavy atom. The molecule has 0 aliphatic rings. The molecule has 0 aromatic heterocycles. The van der Waals surface area contributed by atoms with E-state index in [0.717, 1.165) is 24.3 Å². The van der Waals surface area contributed by atoms with Crippen LogP contribution < -0.4 is 10.9 Å². The Kier molecular flexibility index (Phi) is 5.27. The second kappa shape index (κ2) is 6.60. The zero-order valence-electron chi connectivity index (χ0n) is 11.7. The number of amides is 2. The summed E-state index contributed by atoms with van der Waals surface area (Å²) in [5.41, 5.74) is -0.00665. The Bertz CT molecular complexity index is 613. The predicted molar refractivity (Wildman–Crippen MR) is 70.0 cm³/mol. The van der Waals surface area contributed by atoms with E-state index in [9.17, 15) is 32.9 Å². The van der Waals surface area contributed by atoms with Crippen molar-refractivity contribution in [1.29, 1.82) is 0 Å². The van der Waals surface area contributed by atoms with Crippen LogP contribution in [0.1, 0.15) is 23.7 Å². The SMILES string of the molecule is C[C@](O)(CC(=O)NNC(=O)c1ccc([N+](=O)[O-])cc1)C(F)(F)F. The van der Waals surface area contributed by atoms with E-state index in [4.69, 9.17) is 5.11 Å². The normalized spacial score (nSPS) is 13.8. The molecule has 0 fully saturated rings. The molecule has 0 saturated carbocycles. The molecule has 2 amide bonds. The molecule has 0 spiro atoms. The molecule has 0 bridgehead atoms.